The molecule has 21 heavy (non-hydrogen) atoms. The van der Waals surface area contributed by atoms with Gasteiger partial charge in [-0.25, -0.2) is 0 Å². The van der Waals surface area contributed by atoms with Gasteiger partial charge in [0.25, 0.3) is 0 Å². The average molecular weight is 282 g/mol. The predicted octanol–water partition coefficient (Wildman–Crippen LogP) is 5.07. The van der Waals surface area contributed by atoms with Crippen LogP contribution in [0.25, 0.3) is 0 Å². The summed E-state index contributed by atoms with van der Waals surface area (Å²) in [5.41, 5.74) is 1.42. The molecule has 0 saturated heterocycles. The van der Waals surface area contributed by atoms with Crippen LogP contribution in [-0.2, 0) is 5.41 Å². The second-order valence-corrected chi connectivity index (χ2v) is 7.65. The van der Waals surface area contributed by atoms with Crippen molar-refractivity contribution < 1.29 is 5.11 Å². The van der Waals surface area contributed by atoms with Gasteiger partial charge in [-0.1, -0.05) is 57.2 Å². The molecule has 0 spiro atoms. The number of phenolic OH excluding ortho intramolecular Hbond substituents is 1. The smallest absolute Gasteiger partial charge is 0.115 e. The summed E-state index contributed by atoms with van der Waals surface area (Å²) in [6, 6.07) is 7.35. The quantitative estimate of drug-likeness (QED) is 0.658. The molecule has 1 nitrogen and oxygen atoms in total. The third-order valence-corrected chi connectivity index (χ3v) is 5.19. The third kappa shape index (κ3) is 2.92. The first-order chi connectivity index (χ1) is 9.95. The molecule has 1 N–H and O–H groups in total. The van der Waals surface area contributed by atoms with Gasteiger partial charge in [0.1, 0.15) is 5.75 Å². The Labute approximate surface area is 128 Å². The lowest BCUT2D eigenvalue weighted by molar-refractivity contribution is 0.398. The van der Waals surface area contributed by atoms with E-state index in [0.29, 0.717) is 5.75 Å². The normalized spacial score (nSPS) is 32.0. The van der Waals surface area contributed by atoms with Crippen LogP contribution >= 0.6 is 0 Å². The van der Waals surface area contributed by atoms with Gasteiger partial charge >= 0.3 is 0 Å². The Balaban J connectivity index is 0.000000126. The van der Waals surface area contributed by atoms with E-state index in [1.165, 1.54) is 18.4 Å². The molecule has 0 heterocycles. The highest BCUT2D eigenvalue weighted by molar-refractivity contribution is 5.29. The monoisotopic (exact) mass is 282 g/mol. The van der Waals surface area contributed by atoms with Crippen LogP contribution < -0.4 is 0 Å². The molecule has 112 valence electrons. The van der Waals surface area contributed by atoms with Crippen LogP contribution in [0.2, 0.25) is 0 Å². The van der Waals surface area contributed by atoms with Crippen LogP contribution in [0.15, 0.2) is 48.6 Å². The van der Waals surface area contributed by atoms with Gasteiger partial charge in [0.2, 0.25) is 0 Å². The molecular weight excluding hydrogens is 256 g/mol. The van der Waals surface area contributed by atoms with Crippen LogP contribution in [0.4, 0.5) is 0 Å². The first kappa shape index (κ1) is 14.4. The lowest BCUT2D eigenvalue weighted by Crippen LogP contribution is -2.12. The van der Waals surface area contributed by atoms with Crippen LogP contribution in [0.1, 0.15) is 39.2 Å². The lowest BCUT2D eigenvalue weighted by Gasteiger charge is -2.18. The SMILES string of the molecule is C1=CC2C3C=CC(C3)C2C1.CC(C)(C)c1ccc(O)cc1. The summed E-state index contributed by atoms with van der Waals surface area (Å²) in [5, 5.41) is 9.02. The van der Waals surface area contributed by atoms with Crippen molar-refractivity contribution in [3.8, 4) is 5.75 Å². The fraction of sp³-hybridized carbons (Fsp3) is 0.500. The number of fused-ring (bicyclic) bond motifs is 5. The first-order valence-corrected chi connectivity index (χ1v) is 8.09. The molecule has 3 aliphatic rings. The topological polar surface area (TPSA) is 20.2 Å². The summed E-state index contributed by atoms with van der Waals surface area (Å²) in [4.78, 5) is 0. The summed E-state index contributed by atoms with van der Waals surface area (Å²) >= 11 is 0. The molecule has 1 aromatic rings. The maximum atomic E-state index is 9.02. The van der Waals surface area contributed by atoms with Crippen LogP contribution in [0.5, 0.6) is 5.75 Å². The number of phenols is 1. The van der Waals surface area contributed by atoms with E-state index >= 15 is 0 Å². The van der Waals surface area contributed by atoms with Gasteiger partial charge in [-0.15, -0.1) is 0 Å². The Kier molecular flexibility index (Phi) is 3.69. The van der Waals surface area contributed by atoms with Crippen molar-refractivity contribution in [3.05, 3.63) is 54.1 Å². The second kappa shape index (κ2) is 5.36. The van der Waals surface area contributed by atoms with E-state index in [4.69, 9.17) is 5.11 Å². The first-order valence-electron chi connectivity index (χ1n) is 8.09. The maximum absolute atomic E-state index is 9.02. The highest BCUT2D eigenvalue weighted by atomic mass is 16.3. The molecule has 0 aliphatic heterocycles. The Hall–Kier alpha value is -1.50. The summed E-state index contributed by atoms with van der Waals surface area (Å²) < 4.78 is 0. The van der Waals surface area contributed by atoms with E-state index in [1.54, 1.807) is 12.1 Å². The Morgan fingerprint density at radius 2 is 1.62 bits per heavy atom. The number of aromatic hydroxyl groups is 1. The molecule has 0 aromatic heterocycles. The van der Waals surface area contributed by atoms with Crippen LogP contribution in [0, 0.1) is 23.7 Å². The fourth-order valence-corrected chi connectivity index (χ4v) is 3.93. The Bertz CT molecular complexity index is 544. The van der Waals surface area contributed by atoms with Gasteiger partial charge in [-0.3, -0.25) is 0 Å². The van der Waals surface area contributed by atoms with Gasteiger partial charge in [-0.05, 0) is 59.6 Å². The second-order valence-electron chi connectivity index (χ2n) is 7.65. The fourth-order valence-electron chi connectivity index (χ4n) is 3.93. The summed E-state index contributed by atoms with van der Waals surface area (Å²) in [7, 11) is 0. The van der Waals surface area contributed by atoms with Crippen molar-refractivity contribution in [1.82, 2.24) is 0 Å². The zero-order valence-electron chi connectivity index (χ0n) is 13.3. The van der Waals surface area contributed by atoms with Gasteiger partial charge in [0.05, 0.1) is 0 Å². The van der Waals surface area contributed by atoms with Gasteiger partial charge < -0.3 is 5.11 Å². The molecule has 3 aliphatic carbocycles. The number of benzene rings is 1. The molecule has 0 radical (unpaired) electrons. The Morgan fingerprint density at radius 3 is 2.24 bits per heavy atom. The Morgan fingerprint density at radius 1 is 0.952 bits per heavy atom. The molecule has 2 bridgehead atoms. The van der Waals surface area contributed by atoms with Crippen molar-refractivity contribution in [3.63, 3.8) is 0 Å². The average Bonchev–Trinajstić information content (AvgIpc) is 3.13. The van der Waals surface area contributed by atoms with E-state index in [0.717, 1.165) is 23.7 Å². The van der Waals surface area contributed by atoms with Gasteiger partial charge in [0, 0.05) is 0 Å². The highest BCUT2D eigenvalue weighted by Gasteiger charge is 2.44. The van der Waals surface area contributed by atoms with E-state index in [1.807, 2.05) is 12.1 Å². The van der Waals surface area contributed by atoms with Crippen molar-refractivity contribution in [2.45, 2.75) is 39.0 Å². The van der Waals surface area contributed by atoms with E-state index in [-0.39, 0.29) is 5.41 Å². The van der Waals surface area contributed by atoms with Crippen molar-refractivity contribution in [1.29, 1.82) is 0 Å². The zero-order chi connectivity index (χ0) is 15.0. The molecule has 1 saturated carbocycles. The van der Waals surface area contributed by atoms with Crippen LogP contribution in [-0.4, -0.2) is 5.11 Å². The number of hydrogen-bond donors (Lipinski definition) is 1. The third-order valence-electron chi connectivity index (χ3n) is 5.19. The van der Waals surface area contributed by atoms with Crippen molar-refractivity contribution in [2.75, 3.05) is 0 Å². The number of allylic oxidation sites excluding steroid dienone is 4. The largest absolute Gasteiger partial charge is 0.508 e. The standard InChI is InChI=1S/C10H14O.C10H12/c1-10(2,3)8-4-6-9(11)7-5-8;1-2-9-7-4-5-8(6-7)10(9)3-1/h4-7,11H,1-3H3;1-2,4-5,7-10H,3,6H2. The number of rotatable bonds is 0. The molecule has 1 fully saturated rings. The van der Waals surface area contributed by atoms with Gasteiger partial charge in [-0.2, -0.15) is 0 Å². The van der Waals surface area contributed by atoms with Crippen molar-refractivity contribution in [2.24, 2.45) is 23.7 Å². The molecule has 1 aromatic carbocycles. The molecule has 4 rings (SSSR count). The molecule has 4 unspecified atom stereocenters. The predicted molar refractivity (Wildman–Crippen MR) is 88.3 cm³/mol. The van der Waals surface area contributed by atoms with E-state index < -0.39 is 0 Å². The molecule has 4 atom stereocenters. The molecule has 0 amide bonds. The molecular formula is C20H26O. The minimum Gasteiger partial charge on any atom is -0.508 e. The lowest BCUT2D eigenvalue weighted by atomic mass is 9.86. The summed E-state index contributed by atoms with van der Waals surface area (Å²) in [6.45, 7) is 6.46. The molecule has 1 heteroatoms. The zero-order valence-corrected chi connectivity index (χ0v) is 13.3. The van der Waals surface area contributed by atoms with Crippen LogP contribution in [0.3, 0.4) is 0 Å². The summed E-state index contributed by atoms with van der Waals surface area (Å²) in [6.07, 6.45) is 12.5. The summed E-state index contributed by atoms with van der Waals surface area (Å²) in [5.74, 6) is 4.15. The highest BCUT2D eigenvalue weighted by Crippen LogP contribution is 2.52. The van der Waals surface area contributed by atoms with Crippen molar-refractivity contribution >= 4 is 0 Å². The van der Waals surface area contributed by atoms with E-state index in [2.05, 4.69) is 45.1 Å². The minimum atomic E-state index is 0.174. The number of hydrogen-bond acceptors (Lipinski definition) is 1. The van der Waals surface area contributed by atoms with Gasteiger partial charge in [0.15, 0.2) is 0 Å². The minimum absolute atomic E-state index is 0.174. The van der Waals surface area contributed by atoms with E-state index in [9.17, 15) is 0 Å². The maximum Gasteiger partial charge on any atom is 0.115 e.